The highest BCUT2D eigenvalue weighted by Gasteiger charge is 2.10. The summed E-state index contributed by atoms with van der Waals surface area (Å²) in [5, 5.41) is 10.4. The van der Waals surface area contributed by atoms with Crippen molar-refractivity contribution in [3.8, 4) is 0 Å². The molecule has 0 saturated carbocycles. The van der Waals surface area contributed by atoms with E-state index >= 15 is 0 Å². The van der Waals surface area contributed by atoms with Crippen LogP contribution >= 0.6 is 11.8 Å². The minimum absolute atomic E-state index is 0.0240. The Bertz CT molecular complexity index is 1090. The molecule has 0 aliphatic heterocycles. The normalized spacial score (nSPS) is 11.1. The molecule has 0 bridgehead atoms. The number of benzene rings is 2. The van der Waals surface area contributed by atoms with Crippen LogP contribution in [0.25, 0.3) is 0 Å². The van der Waals surface area contributed by atoms with Crippen LogP contribution in [0, 0.1) is 0 Å². The van der Waals surface area contributed by atoms with Crippen molar-refractivity contribution in [2.45, 2.75) is 9.79 Å². The van der Waals surface area contributed by atoms with Gasteiger partial charge >= 0.3 is 0 Å². The van der Waals surface area contributed by atoms with E-state index in [1.807, 2.05) is 0 Å². The molecule has 1 heterocycles. The van der Waals surface area contributed by atoms with Crippen LogP contribution in [0.1, 0.15) is 10.6 Å². The highest BCUT2D eigenvalue weighted by molar-refractivity contribution is 8.00. The SMILES string of the molecule is NS(=O)(=O)c1ccc(NC(=O)CSc2ccc(NC(=O)c3ccco3)cc2)cc1. The molecular weight excluding hydrogens is 414 g/mol. The Morgan fingerprint density at radius 1 is 0.931 bits per heavy atom. The quantitative estimate of drug-likeness (QED) is 0.493. The maximum atomic E-state index is 12.1. The van der Waals surface area contributed by atoms with Gasteiger partial charge in [0.25, 0.3) is 5.91 Å². The van der Waals surface area contributed by atoms with E-state index in [0.29, 0.717) is 11.4 Å². The van der Waals surface area contributed by atoms with Crippen LogP contribution in [0.3, 0.4) is 0 Å². The molecule has 1 aromatic heterocycles. The first-order chi connectivity index (χ1) is 13.8. The molecule has 0 saturated heterocycles. The Labute approximate surface area is 171 Å². The minimum atomic E-state index is -3.77. The van der Waals surface area contributed by atoms with Crippen molar-refractivity contribution in [3.63, 3.8) is 0 Å². The summed E-state index contributed by atoms with van der Waals surface area (Å²) in [6, 6.07) is 15.8. The largest absolute Gasteiger partial charge is 0.459 e. The second-order valence-corrected chi connectivity index (χ2v) is 8.47. The smallest absolute Gasteiger partial charge is 0.291 e. The number of carbonyl (C=O) groups excluding carboxylic acids is 2. The predicted molar refractivity (Wildman–Crippen MR) is 110 cm³/mol. The zero-order chi connectivity index (χ0) is 20.9. The number of sulfonamides is 1. The molecule has 3 rings (SSSR count). The van der Waals surface area contributed by atoms with Crippen LogP contribution in [-0.4, -0.2) is 26.0 Å². The number of hydrogen-bond acceptors (Lipinski definition) is 6. The molecule has 0 aliphatic carbocycles. The summed E-state index contributed by atoms with van der Waals surface area (Å²) in [4.78, 5) is 24.8. The molecule has 29 heavy (non-hydrogen) atoms. The van der Waals surface area contributed by atoms with Gasteiger partial charge in [-0.25, -0.2) is 13.6 Å². The van der Waals surface area contributed by atoms with Crippen LogP contribution in [0.2, 0.25) is 0 Å². The number of amides is 2. The van der Waals surface area contributed by atoms with Crippen LogP contribution in [0.15, 0.2) is 81.1 Å². The lowest BCUT2D eigenvalue weighted by Gasteiger charge is -2.07. The fourth-order valence-corrected chi connectivity index (χ4v) is 3.52. The van der Waals surface area contributed by atoms with Crippen molar-refractivity contribution in [1.82, 2.24) is 0 Å². The summed E-state index contributed by atoms with van der Waals surface area (Å²) in [5.74, 6) is -0.205. The number of thioether (sulfide) groups is 1. The van der Waals surface area contributed by atoms with Gasteiger partial charge in [0, 0.05) is 16.3 Å². The van der Waals surface area contributed by atoms with Gasteiger partial charge in [-0.15, -0.1) is 11.8 Å². The predicted octanol–water partition coefficient (Wildman–Crippen LogP) is 2.91. The van der Waals surface area contributed by atoms with E-state index in [4.69, 9.17) is 9.56 Å². The third kappa shape index (κ3) is 5.95. The summed E-state index contributed by atoms with van der Waals surface area (Å²) < 4.78 is 27.5. The van der Waals surface area contributed by atoms with Gasteiger partial charge in [-0.2, -0.15) is 0 Å². The van der Waals surface area contributed by atoms with Gasteiger partial charge < -0.3 is 15.1 Å². The first-order valence-corrected chi connectivity index (χ1v) is 10.8. The fraction of sp³-hybridized carbons (Fsp3) is 0.0526. The molecule has 0 fully saturated rings. The Kier molecular flexibility index (Phi) is 6.37. The van der Waals surface area contributed by atoms with Crippen LogP contribution in [-0.2, 0) is 14.8 Å². The Morgan fingerprint density at radius 2 is 1.55 bits per heavy atom. The molecular formula is C19H17N3O5S2. The van der Waals surface area contributed by atoms with Gasteiger partial charge in [0.05, 0.1) is 16.9 Å². The van der Waals surface area contributed by atoms with Crippen molar-refractivity contribution in [3.05, 3.63) is 72.7 Å². The number of furan rings is 1. The number of nitrogens with one attached hydrogen (secondary N) is 2. The molecule has 0 atom stereocenters. The van der Waals surface area contributed by atoms with E-state index in [-0.39, 0.29) is 28.2 Å². The zero-order valence-electron chi connectivity index (χ0n) is 15.0. The van der Waals surface area contributed by atoms with Crippen molar-refractivity contribution >= 4 is 45.0 Å². The number of rotatable bonds is 7. The lowest BCUT2D eigenvalue weighted by molar-refractivity contribution is -0.113. The van der Waals surface area contributed by atoms with Gasteiger partial charge in [-0.05, 0) is 60.7 Å². The molecule has 10 heteroatoms. The zero-order valence-corrected chi connectivity index (χ0v) is 16.6. The highest BCUT2D eigenvalue weighted by atomic mass is 32.2. The van der Waals surface area contributed by atoms with Crippen LogP contribution in [0.5, 0.6) is 0 Å². The highest BCUT2D eigenvalue weighted by Crippen LogP contribution is 2.21. The monoisotopic (exact) mass is 431 g/mol. The summed E-state index contributed by atoms with van der Waals surface area (Å²) in [7, 11) is -3.77. The van der Waals surface area contributed by atoms with Crippen molar-refractivity contribution < 1.29 is 22.4 Å². The molecule has 2 amide bonds. The van der Waals surface area contributed by atoms with Gasteiger partial charge in [0.1, 0.15) is 0 Å². The number of primary sulfonamides is 1. The van der Waals surface area contributed by atoms with Gasteiger partial charge in [-0.3, -0.25) is 9.59 Å². The Hall–Kier alpha value is -3.08. The van der Waals surface area contributed by atoms with Crippen molar-refractivity contribution in [2.75, 3.05) is 16.4 Å². The summed E-state index contributed by atoms with van der Waals surface area (Å²) in [6.07, 6.45) is 1.42. The van der Waals surface area contributed by atoms with Gasteiger partial charge in [-0.1, -0.05) is 0 Å². The van der Waals surface area contributed by atoms with Crippen LogP contribution in [0.4, 0.5) is 11.4 Å². The van der Waals surface area contributed by atoms with E-state index < -0.39 is 10.0 Å². The minimum Gasteiger partial charge on any atom is -0.459 e. The van der Waals surface area contributed by atoms with E-state index in [9.17, 15) is 18.0 Å². The van der Waals surface area contributed by atoms with E-state index in [2.05, 4.69) is 10.6 Å². The maximum absolute atomic E-state index is 12.1. The van der Waals surface area contributed by atoms with E-state index in [1.165, 1.54) is 42.3 Å². The molecule has 4 N–H and O–H groups in total. The van der Waals surface area contributed by atoms with Crippen molar-refractivity contribution in [1.29, 1.82) is 0 Å². The molecule has 2 aromatic carbocycles. The van der Waals surface area contributed by atoms with E-state index in [1.54, 1.807) is 36.4 Å². The lowest BCUT2D eigenvalue weighted by Crippen LogP contribution is -2.15. The number of carbonyl (C=O) groups is 2. The second-order valence-electron chi connectivity index (χ2n) is 5.86. The molecule has 0 unspecified atom stereocenters. The van der Waals surface area contributed by atoms with Crippen LogP contribution < -0.4 is 15.8 Å². The fourth-order valence-electron chi connectivity index (χ4n) is 2.31. The topological polar surface area (TPSA) is 132 Å². The summed E-state index contributed by atoms with van der Waals surface area (Å²) >= 11 is 1.32. The third-order valence-corrected chi connectivity index (χ3v) is 5.63. The molecule has 3 aromatic rings. The Morgan fingerprint density at radius 3 is 2.14 bits per heavy atom. The maximum Gasteiger partial charge on any atom is 0.291 e. The summed E-state index contributed by atoms with van der Waals surface area (Å²) in [6.45, 7) is 0. The molecule has 0 radical (unpaired) electrons. The average Bonchev–Trinajstić information content (AvgIpc) is 3.22. The first kappa shape index (κ1) is 20.6. The third-order valence-electron chi connectivity index (χ3n) is 3.69. The number of anilines is 2. The Balaban J connectivity index is 1.49. The second kappa shape index (κ2) is 8.95. The molecule has 8 nitrogen and oxygen atoms in total. The standard InChI is InChI=1S/C19H17N3O5S2/c20-29(25,26)16-9-5-13(6-10-16)21-18(23)12-28-15-7-3-14(4-8-15)22-19(24)17-2-1-11-27-17/h1-11H,12H2,(H,21,23)(H,22,24)(H2,20,25,26). The number of nitrogens with two attached hydrogens (primary N) is 1. The lowest BCUT2D eigenvalue weighted by atomic mass is 10.3. The first-order valence-electron chi connectivity index (χ1n) is 8.32. The average molecular weight is 431 g/mol. The summed E-state index contributed by atoms with van der Waals surface area (Å²) in [5.41, 5.74) is 1.08. The van der Waals surface area contributed by atoms with Gasteiger partial charge in [0.2, 0.25) is 15.9 Å². The van der Waals surface area contributed by atoms with Crippen molar-refractivity contribution in [2.24, 2.45) is 5.14 Å². The molecule has 0 spiro atoms. The molecule has 0 aliphatic rings. The molecule has 150 valence electrons. The number of hydrogen-bond donors (Lipinski definition) is 3. The van der Waals surface area contributed by atoms with Gasteiger partial charge in [0.15, 0.2) is 5.76 Å². The van der Waals surface area contributed by atoms with E-state index in [0.717, 1.165) is 4.90 Å².